The summed E-state index contributed by atoms with van der Waals surface area (Å²) in [5.74, 6) is 0.316. The van der Waals surface area contributed by atoms with Crippen molar-refractivity contribution in [1.82, 2.24) is 25.3 Å². The second-order valence-electron chi connectivity index (χ2n) is 7.37. The van der Waals surface area contributed by atoms with Crippen LogP contribution in [0.4, 0.5) is 0 Å². The minimum absolute atomic E-state index is 0.0521. The Hall–Kier alpha value is -1.89. The van der Waals surface area contributed by atoms with E-state index in [0.717, 1.165) is 18.7 Å². The van der Waals surface area contributed by atoms with E-state index in [-0.39, 0.29) is 17.7 Å². The van der Waals surface area contributed by atoms with Crippen LogP contribution in [-0.2, 0) is 22.6 Å². The maximum absolute atomic E-state index is 12.9. The molecule has 2 aliphatic rings. The third-order valence-corrected chi connectivity index (χ3v) is 5.92. The summed E-state index contributed by atoms with van der Waals surface area (Å²) < 4.78 is 1.98. The maximum atomic E-state index is 12.9. The first-order chi connectivity index (χ1) is 11.9. The molecule has 0 bridgehead atoms. The fourth-order valence-corrected chi connectivity index (χ4v) is 4.40. The zero-order valence-corrected chi connectivity index (χ0v) is 15.7. The van der Waals surface area contributed by atoms with Gasteiger partial charge in [0.05, 0.1) is 17.7 Å². The third kappa shape index (κ3) is 3.05. The average molecular weight is 347 g/mol. The normalized spacial score (nSPS) is 25.3. The Labute approximate surface area is 149 Å². The van der Waals surface area contributed by atoms with Crippen LogP contribution in [0, 0.1) is 25.2 Å². The van der Waals surface area contributed by atoms with E-state index in [4.69, 9.17) is 0 Å². The van der Waals surface area contributed by atoms with Gasteiger partial charge in [-0.15, -0.1) is 0 Å². The van der Waals surface area contributed by atoms with Crippen LogP contribution in [0.5, 0.6) is 0 Å². The maximum Gasteiger partial charge on any atom is 0.229 e. The van der Waals surface area contributed by atoms with Crippen molar-refractivity contribution in [3.63, 3.8) is 0 Å². The Morgan fingerprint density at radius 3 is 2.80 bits per heavy atom. The van der Waals surface area contributed by atoms with Gasteiger partial charge in [-0.3, -0.25) is 14.3 Å². The summed E-state index contributed by atoms with van der Waals surface area (Å²) >= 11 is 0. The molecule has 0 spiro atoms. The third-order valence-electron chi connectivity index (χ3n) is 5.92. The highest BCUT2D eigenvalue weighted by Gasteiger charge is 2.55. The Bertz CT molecular complexity index is 683. The molecule has 1 aromatic rings. The number of hydrogen-bond acceptors (Lipinski definition) is 4. The van der Waals surface area contributed by atoms with Gasteiger partial charge in [0.15, 0.2) is 0 Å². The largest absolute Gasteiger partial charge is 0.354 e. The molecule has 2 amide bonds. The van der Waals surface area contributed by atoms with Gasteiger partial charge in [0.2, 0.25) is 11.8 Å². The molecule has 7 heteroatoms. The van der Waals surface area contributed by atoms with Crippen LogP contribution in [0.1, 0.15) is 30.8 Å². The van der Waals surface area contributed by atoms with E-state index in [1.54, 1.807) is 11.8 Å². The minimum Gasteiger partial charge on any atom is -0.354 e. The van der Waals surface area contributed by atoms with Crippen LogP contribution < -0.4 is 10.6 Å². The van der Waals surface area contributed by atoms with Crippen molar-refractivity contribution in [3.05, 3.63) is 17.0 Å². The molecule has 0 unspecified atom stereocenters. The molecule has 0 radical (unpaired) electrons. The van der Waals surface area contributed by atoms with E-state index in [1.165, 1.54) is 11.3 Å². The number of nitrogens with one attached hydrogen (secondary N) is 2. The van der Waals surface area contributed by atoms with Gasteiger partial charge in [0.1, 0.15) is 0 Å². The zero-order valence-electron chi connectivity index (χ0n) is 15.7. The predicted molar refractivity (Wildman–Crippen MR) is 95.1 cm³/mol. The highest BCUT2D eigenvalue weighted by atomic mass is 16.2. The highest BCUT2D eigenvalue weighted by Crippen LogP contribution is 2.39. The molecule has 138 valence electrons. The van der Waals surface area contributed by atoms with Crippen LogP contribution >= 0.6 is 0 Å². The van der Waals surface area contributed by atoms with Crippen molar-refractivity contribution >= 4 is 11.8 Å². The molecule has 2 aliphatic heterocycles. The lowest BCUT2D eigenvalue weighted by atomic mass is 9.80. The van der Waals surface area contributed by atoms with Crippen molar-refractivity contribution in [2.75, 3.05) is 32.7 Å². The predicted octanol–water partition coefficient (Wildman–Crippen LogP) is 0.246. The van der Waals surface area contributed by atoms with Gasteiger partial charge < -0.3 is 15.5 Å². The van der Waals surface area contributed by atoms with Crippen LogP contribution in [0.25, 0.3) is 0 Å². The number of nitrogens with zero attached hydrogens (tertiary/aromatic N) is 3. The molecule has 7 nitrogen and oxygen atoms in total. The smallest absolute Gasteiger partial charge is 0.229 e. The van der Waals surface area contributed by atoms with E-state index >= 15 is 0 Å². The summed E-state index contributed by atoms with van der Waals surface area (Å²) in [6.07, 6.45) is 0.974. The first-order valence-electron chi connectivity index (χ1n) is 9.16. The van der Waals surface area contributed by atoms with Gasteiger partial charge >= 0.3 is 0 Å². The highest BCUT2D eigenvalue weighted by molar-refractivity contribution is 5.86. The van der Waals surface area contributed by atoms with Gasteiger partial charge in [-0.1, -0.05) is 6.92 Å². The number of carbonyl (C=O) groups excluding carboxylic acids is 2. The number of carbonyl (C=O) groups is 2. The molecule has 2 saturated heterocycles. The zero-order chi connectivity index (χ0) is 18.2. The van der Waals surface area contributed by atoms with E-state index in [2.05, 4.69) is 29.6 Å². The van der Waals surface area contributed by atoms with Gasteiger partial charge in [-0.25, -0.2) is 0 Å². The first-order valence-corrected chi connectivity index (χ1v) is 9.16. The topological polar surface area (TPSA) is 79.3 Å². The molecule has 3 heterocycles. The summed E-state index contributed by atoms with van der Waals surface area (Å²) in [4.78, 5) is 26.4. The number of rotatable bonds is 5. The fourth-order valence-electron chi connectivity index (χ4n) is 4.40. The Morgan fingerprint density at radius 1 is 1.40 bits per heavy atom. The van der Waals surface area contributed by atoms with E-state index in [9.17, 15) is 9.59 Å². The van der Waals surface area contributed by atoms with Gasteiger partial charge in [-0.2, -0.15) is 5.10 Å². The quantitative estimate of drug-likeness (QED) is 0.800. The van der Waals surface area contributed by atoms with Crippen LogP contribution in [0.2, 0.25) is 0 Å². The molecular weight excluding hydrogens is 318 g/mol. The summed E-state index contributed by atoms with van der Waals surface area (Å²) in [7, 11) is 0. The molecule has 2 fully saturated rings. The molecule has 0 aliphatic carbocycles. The van der Waals surface area contributed by atoms with Crippen LogP contribution in [0.15, 0.2) is 0 Å². The first kappa shape index (κ1) is 17.9. The monoisotopic (exact) mass is 347 g/mol. The van der Waals surface area contributed by atoms with E-state index in [1.807, 2.05) is 11.6 Å². The van der Waals surface area contributed by atoms with Gasteiger partial charge in [-0.05, 0) is 25.8 Å². The lowest BCUT2D eigenvalue weighted by Gasteiger charge is -2.26. The molecule has 2 atom stereocenters. The lowest BCUT2D eigenvalue weighted by Crippen LogP contribution is -2.48. The molecule has 0 aromatic carbocycles. The summed E-state index contributed by atoms with van der Waals surface area (Å²) in [5, 5.41) is 11.0. The average Bonchev–Trinajstić information content (AvgIpc) is 3.19. The Kier molecular flexibility index (Phi) is 4.86. The summed E-state index contributed by atoms with van der Waals surface area (Å²) in [6, 6.07) is 0. The van der Waals surface area contributed by atoms with E-state index < -0.39 is 5.41 Å². The minimum atomic E-state index is -0.477. The van der Waals surface area contributed by atoms with Crippen LogP contribution in [0.3, 0.4) is 0 Å². The number of aromatic nitrogens is 2. The molecule has 3 rings (SSSR count). The Morgan fingerprint density at radius 2 is 2.16 bits per heavy atom. The number of likely N-dealkylation sites (tertiary alicyclic amines) is 1. The molecular formula is C18H29N5O2. The second-order valence-corrected chi connectivity index (χ2v) is 7.37. The molecule has 1 aromatic heterocycles. The number of amides is 2. The van der Waals surface area contributed by atoms with Crippen LogP contribution in [-0.4, -0.2) is 59.2 Å². The van der Waals surface area contributed by atoms with Crippen molar-refractivity contribution in [2.24, 2.45) is 11.3 Å². The number of aryl methyl sites for hydroxylation is 1. The standard InChI is InChI=1S/C18H29N5O2/c1-5-16-12(2)21-23(13(16)3)7-6-20-17(25)18-10-19-8-15(18)9-22(11-18)14(4)24/h15,19H,5-11H2,1-4H3,(H,20,25)/t15-,18-/m1/s1. The van der Waals surface area contributed by atoms with Crippen molar-refractivity contribution in [2.45, 2.75) is 40.7 Å². The lowest BCUT2D eigenvalue weighted by molar-refractivity contribution is -0.132. The summed E-state index contributed by atoms with van der Waals surface area (Å²) in [6.45, 7) is 11.7. The number of hydrogen-bond donors (Lipinski definition) is 2. The SMILES string of the molecule is CCc1c(C)nn(CCNC(=O)[C@@]23CNC[C@@H]2CN(C(C)=O)C3)c1C. The van der Waals surface area contributed by atoms with Crippen molar-refractivity contribution in [1.29, 1.82) is 0 Å². The van der Waals surface area contributed by atoms with Crippen molar-refractivity contribution in [3.8, 4) is 0 Å². The Balaban J connectivity index is 1.62. The molecule has 0 saturated carbocycles. The summed E-state index contributed by atoms with van der Waals surface area (Å²) in [5.41, 5.74) is 3.06. The van der Waals surface area contributed by atoms with Crippen molar-refractivity contribution < 1.29 is 9.59 Å². The van der Waals surface area contributed by atoms with Gasteiger partial charge in [0.25, 0.3) is 0 Å². The fraction of sp³-hybridized carbons (Fsp3) is 0.722. The van der Waals surface area contributed by atoms with E-state index in [0.29, 0.717) is 32.7 Å². The number of fused-ring (bicyclic) bond motifs is 1. The molecule has 2 N–H and O–H groups in total. The molecule has 25 heavy (non-hydrogen) atoms. The second kappa shape index (κ2) is 6.78. The van der Waals surface area contributed by atoms with Gasteiger partial charge in [0, 0.05) is 51.3 Å².